The fourth-order valence-electron chi connectivity index (χ4n) is 1.19. The van der Waals surface area contributed by atoms with E-state index in [0.29, 0.717) is 6.42 Å². The Morgan fingerprint density at radius 1 is 1.23 bits per heavy atom. The van der Waals surface area contributed by atoms with E-state index in [2.05, 4.69) is 30.1 Å². The quantitative estimate of drug-likeness (QED) is 0.575. The summed E-state index contributed by atoms with van der Waals surface area (Å²) in [7, 11) is 0. The molecule has 0 unspecified atom stereocenters. The molecule has 1 N–H and O–H groups in total. The molecule has 0 fully saturated rings. The third-order valence-corrected chi connectivity index (χ3v) is 2.14. The van der Waals surface area contributed by atoms with Gasteiger partial charge in [0.05, 0.1) is 6.07 Å². The molecule has 0 aromatic heterocycles. The molecule has 0 bridgehead atoms. The molecular formula is C10H21N3. The summed E-state index contributed by atoms with van der Waals surface area (Å²) in [6.07, 6.45) is 1.63. The zero-order valence-electron chi connectivity index (χ0n) is 8.84. The summed E-state index contributed by atoms with van der Waals surface area (Å²) in [6.45, 7) is 9.71. The highest BCUT2D eigenvalue weighted by Crippen LogP contribution is 1.85. The Balaban J connectivity index is 3.11. The van der Waals surface area contributed by atoms with Crippen LogP contribution < -0.4 is 5.32 Å². The number of likely N-dealkylation sites (N-methyl/N-ethyl adjacent to an activating group) is 1. The van der Waals surface area contributed by atoms with Gasteiger partial charge >= 0.3 is 0 Å². The standard InChI is InChI=1S/C10H21N3/c1-3-13(4-2)10-9-12-8-6-5-7-11/h12H,3-6,8-10H2,1-2H3. The number of nitrogens with one attached hydrogen (secondary N) is 1. The first-order valence-corrected chi connectivity index (χ1v) is 5.15. The van der Waals surface area contributed by atoms with Crippen LogP contribution in [-0.2, 0) is 0 Å². The maximum absolute atomic E-state index is 8.30. The van der Waals surface area contributed by atoms with Gasteiger partial charge in [0.1, 0.15) is 0 Å². The zero-order valence-corrected chi connectivity index (χ0v) is 8.84. The van der Waals surface area contributed by atoms with Gasteiger partial charge in [-0.1, -0.05) is 13.8 Å². The molecule has 0 spiro atoms. The van der Waals surface area contributed by atoms with Crippen LogP contribution in [0.1, 0.15) is 26.7 Å². The Labute approximate surface area is 81.7 Å². The van der Waals surface area contributed by atoms with Gasteiger partial charge in [0.2, 0.25) is 0 Å². The van der Waals surface area contributed by atoms with Gasteiger partial charge in [0.25, 0.3) is 0 Å². The molecule has 3 nitrogen and oxygen atoms in total. The van der Waals surface area contributed by atoms with Crippen LogP contribution in [0.2, 0.25) is 0 Å². The van der Waals surface area contributed by atoms with Crippen molar-refractivity contribution in [1.82, 2.24) is 10.2 Å². The largest absolute Gasteiger partial charge is 0.315 e. The van der Waals surface area contributed by atoms with Crippen molar-refractivity contribution in [3.63, 3.8) is 0 Å². The number of nitriles is 1. The van der Waals surface area contributed by atoms with E-state index in [0.717, 1.165) is 39.1 Å². The molecule has 13 heavy (non-hydrogen) atoms. The van der Waals surface area contributed by atoms with Gasteiger partial charge in [-0.2, -0.15) is 5.26 Å². The van der Waals surface area contributed by atoms with Crippen LogP contribution >= 0.6 is 0 Å². The van der Waals surface area contributed by atoms with E-state index in [9.17, 15) is 0 Å². The van der Waals surface area contributed by atoms with Gasteiger partial charge in [0, 0.05) is 19.5 Å². The van der Waals surface area contributed by atoms with E-state index < -0.39 is 0 Å². The highest BCUT2D eigenvalue weighted by atomic mass is 15.1. The van der Waals surface area contributed by atoms with Gasteiger partial charge in [-0.3, -0.25) is 0 Å². The summed E-state index contributed by atoms with van der Waals surface area (Å²) >= 11 is 0. The highest BCUT2D eigenvalue weighted by Gasteiger charge is 1.96. The SMILES string of the molecule is CCN(CC)CCNCCCC#N. The fraction of sp³-hybridized carbons (Fsp3) is 0.900. The first kappa shape index (κ1) is 12.4. The van der Waals surface area contributed by atoms with Crippen LogP contribution in [0, 0.1) is 11.3 Å². The molecule has 0 saturated carbocycles. The average Bonchev–Trinajstić information content (AvgIpc) is 2.17. The molecule has 0 rings (SSSR count). The molecule has 0 radical (unpaired) electrons. The highest BCUT2D eigenvalue weighted by molar-refractivity contribution is 4.68. The zero-order chi connectivity index (χ0) is 9.94. The molecule has 0 aromatic rings. The molecule has 3 heteroatoms. The smallest absolute Gasteiger partial charge is 0.0622 e. The molecule has 76 valence electrons. The molecule has 0 aliphatic carbocycles. The van der Waals surface area contributed by atoms with Gasteiger partial charge in [0.15, 0.2) is 0 Å². The van der Waals surface area contributed by atoms with Crippen LogP contribution in [0.25, 0.3) is 0 Å². The van der Waals surface area contributed by atoms with Crippen molar-refractivity contribution >= 4 is 0 Å². The lowest BCUT2D eigenvalue weighted by Gasteiger charge is -2.17. The van der Waals surface area contributed by atoms with Crippen molar-refractivity contribution in [3.05, 3.63) is 0 Å². The fourth-order valence-corrected chi connectivity index (χ4v) is 1.19. The molecule has 0 aliphatic rings. The van der Waals surface area contributed by atoms with E-state index in [1.807, 2.05) is 0 Å². The Bertz CT molecular complexity index is 136. The first-order chi connectivity index (χ1) is 6.35. The lowest BCUT2D eigenvalue weighted by molar-refractivity contribution is 0.302. The lowest BCUT2D eigenvalue weighted by atomic mass is 10.3. The molecular weight excluding hydrogens is 162 g/mol. The monoisotopic (exact) mass is 183 g/mol. The van der Waals surface area contributed by atoms with Crippen molar-refractivity contribution < 1.29 is 0 Å². The predicted octanol–water partition coefficient (Wildman–Crippen LogP) is 1.22. The van der Waals surface area contributed by atoms with Crippen LogP contribution in [0.5, 0.6) is 0 Å². The van der Waals surface area contributed by atoms with Crippen LogP contribution in [0.15, 0.2) is 0 Å². The minimum Gasteiger partial charge on any atom is -0.315 e. The molecule has 0 aromatic carbocycles. The van der Waals surface area contributed by atoms with Gasteiger partial charge in [-0.05, 0) is 26.1 Å². The van der Waals surface area contributed by atoms with E-state index in [1.54, 1.807) is 0 Å². The lowest BCUT2D eigenvalue weighted by Crippen LogP contribution is -2.32. The van der Waals surface area contributed by atoms with E-state index in [-0.39, 0.29) is 0 Å². The maximum Gasteiger partial charge on any atom is 0.0622 e. The Morgan fingerprint density at radius 3 is 2.46 bits per heavy atom. The second-order valence-corrected chi connectivity index (χ2v) is 3.04. The average molecular weight is 183 g/mol. The molecule has 0 saturated heterocycles. The second-order valence-electron chi connectivity index (χ2n) is 3.04. The number of unbranched alkanes of at least 4 members (excludes halogenated alkanes) is 1. The number of rotatable bonds is 8. The topological polar surface area (TPSA) is 39.1 Å². The van der Waals surface area contributed by atoms with Crippen LogP contribution in [0.3, 0.4) is 0 Å². The number of hydrogen-bond acceptors (Lipinski definition) is 3. The van der Waals surface area contributed by atoms with Crippen molar-refractivity contribution in [2.45, 2.75) is 26.7 Å². The Hall–Kier alpha value is -0.590. The van der Waals surface area contributed by atoms with Gasteiger partial charge in [-0.15, -0.1) is 0 Å². The summed E-state index contributed by atoms with van der Waals surface area (Å²) in [6, 6.07) is 2.14. The van der Waals surface area contributed by atoms with Crippen LogP contribution in [-0.4, -0.2) is 37.6 Å². The van der Waals surface area contributed by atoms with Gasteiger partial charge < -0.3 is 10.2 Å². The second kappa shape index (κ2) is 9.50. The van der Waals surface area contributed by atoms with Crippen molar-refractivity contribution in [2.75, 3.05) is 32.7 Å². The van der Waals surface area contributed by atoms with E-state index in [1.165, 1.54) is 0 Å². The molecule has 0 atom stereocenters. The first-order valence-electron chi connectivity index (χ1n) is 5.15. The van der Waals surface area contributed by atoms with E-state index in [4.69, 9.17) is 5.26 Å². The number of hydrogen-bond donors (Lipinski definition) is 1. The summed E-state index contributed by atoms with van der Waals surface area (Å²) in [5.41, 5.74) is 0. The van der Waals surface area contributed by atoms with Crippen molar-refractivity contribution in [1.29, 1.82) is 5.26 Å². The molecule has 0 heterocycles. The Morgan fingerprint density at radius 2 is 1.92 bits per heavy atom. The predicted molar refractivity (Wildman–Crippen MR) is 55.5 cm³/mol. The summed E-state index contributed by atoms with van der Waals surface area (Å²) in [4.78, 5) is 2.39. The molecule has 0 aliphatic heterocycles. The minimum atomic E-state index is 0.665. The van der Waals surface area contributed by atoms with Crippen LogP contribution in [0.4, 0.5) is 0 Å². The minimum absolute atomic E-state index is 0.665. The summed E-state index contributed by atoms with van der Waals surface area (Å²) < 4.78 is 0. The third-order valence-electron chi connectivity index (χ3n) is 2.14. The summed E-state index contributed by atoms with van der Waals surface area (Å²) in [5.74, 6) is 0. The number of nitrogens with zero attached hydrogens (tertiary/aromatic N) is 2. The normalized spacial score (nSPS) is 10.3. The summed E-state index contributed by atoms with van der Waals surface area (Å²) in [5, 5.41) is 11.6. The van der Waals surface area contributed by atoms with E-state index >= 15 is 0 Å². The van der Waals surface area contributed by atoms with Gasteiger partial charge in [-0.25, -0.2) is 0 Å². The van der Waals surface area contributed by atoms with Crippen molar-refractivity contribution in [2.24, 2.45) is 0 Å². The van der Waals surface area contributed by atoms with Crippen molar-refractivity contribution in [3.8, 4) is 6.07 Å². The Kier molecular flexibility index (Phi) is 9.07. The maximum atomic E-state index is 8.30. The molecule has 0 amide bonds. The third kappa shape index (κ3) is 7.76.